The smallest absolute Gasteiger partial charge is 0.404 e. The van der Waals surface area contributed by atoms with Gasteiger partial charge in [0.15, 0.2) is 0 Å². The second kappa shape index (κ2) is 5.79. The maximum atomic E-state index is 10.1. The molecule has 5 nitrogen and oxygen atoms in total. The van der Waals surface area contributed by atoms with Gasteiger partial charge in [-0.05, 0) is 13.8 Å². The second-order valence-corrected chi connectivity index (χ2v) is 2.86. The summed E-state index contributed by atoms with van der Waals surface area (Å²) in [5.41, 5.74) is 0. The van der Waals surface area contributed by atoms with E-state index < -0.39 is 12.2 Å². The van der Waals surface area contributed by atoms with Crippen LogP contribution < -0.4 is 10.6 Å². The summed E-state index contributed by atoms with van der Waals surface area (Å²) in [6, 6.07) is -0.138. The maximum Gasteiger partial charge on any atom is 0.404 e. The van der Waals surface area contributed by atoms with E-state index in [1.165, 1.54) is 0 Å². The van der Waals surface area contributed by atoms with E-state index >= 15 is 0 Å². The van der Waals surface area contributed by atoms with Gasteiger partial charge in [-0.25, -0.2) is 4.79 Å². The molecule has 0 aromatic heterocycles. The van der Waals surface area contributed by atoms with Crippen molar-refractivity contribution in [2.75, 3.05) is 13.1 Å². The fourth-order valence-electron chi connectivity index (χ4n) is 0.771. The Kier molecular flexibility index (Phi) is 5.40. The molecule has 5 heteroatoms. The number of carbonyl (C=O) groups is 1. The molecule has 2 unspecified atom stereocenters. The van der Waals surface area contributed by atoms with Gasteiger partial charge in [-0.3, -0.25) is 0 Å². The van der Waals surface area contributed by atoms with E-state index in [0.717, 1.165) is 0 Å². The van der Waals surface area contributed by atoms with Crippen LogP contribution in [0.4, 0.5) is 4.79 Å². The summed E-state index contributed by atoms with van der Waals surface area (Å²) in [4.78, 5) is 10.1. The van der Waals surface area contributed by atoms with Gasteiger partial charge < -0.3 is 20.8 Å². The normalized spacial score (nSPS) is 15.2. The van der Waals surface area contributed by atoms with Crippen LogP contribution in [-0.4, -0.2) is 41.5 Å². The lowest BCUT2D eigenvalue weighted by atomic mass is 10.3. The number of rotatable bonds is 5. The zero-order valence-corrected chi connectivity index (χ0v) is 7.37. The number of amides is 1. The van der Waals surface area contributed by atoms with E-state index in [2.05, 4.69) is 10.6 Å². The average Bonchev–Trinajstić information content (AvgIpc) is 1.84. The Balaban J connectivity index is 3.31. The minimum Gasteiger partial charge on any atom is -0.465 e. The van der Waals surface area contributed by atoms with Crippen molar-refractivity contribution < 1.29 is 15.0 Å². The van der Waals surface area contributed by atoms with Crippen molar-refractivity contribution in [3.8, 4) is 0 Å². The van der Waals surface area contributed by atoms with Gasteiger partial charge in [-0.15, -0.1) is 0 Å². The highest BCUT2D eigenvalue weighted by Crippen LogP contribution is 1.80. The first-order chi connectivity index (χ1) is 5.52. The molecule has 72 valence electrons. The second-order valence-electron chi connectivity index (χ2n) is 2.86. The average molecular weight is 176 g/mol. The van der Waals surface area contributed by atoms with Gasteiger partial charge in [0.25, 0.3) is 0 Å². The largest absolute Gasteiger partial charge is 0.465 e. The monoisotopic (exact) mass is 176 g/mol. The molecule has 0 aliphatic carbocycles. The Hall–Kier alpha value is -0.810. The van der Waals surface area contributed by atoms with Crippen molar-refractivity contribution in [1.29, 1.82) is 0 Å². The molecule has 2 atom stereocenters. The third-order valence-corrected chi connectivity index (χ3v) is 1.26. The number of aliphatic hydroxyl groups is 1. The molecule has 0 saturated carbocycles. The molecule has 0 aromatic rings. The first-order valence-corrected chi connectivity index (χ1v) is 3.90. The summed E-state index contributed by atoms with van der Waals surface area (Å²) >= 11 is 0. The highest BCUT2D eigenvalue weighted by Gasteiger charge is 2.04. The van der Waals surface area contributed by atoms with Crippen LogP contribution in [0.25, 0.3) is 0 Å². The van der Waals surface area contributed by atoms with Gasteiger partial charge in [0.2, 0.25) is 0 Å². The van der Waals surface area contributed by atoms with Crippen LogP contribution in [0.5, 0.6) is 0 Å². The molecule has 0 spiro atoms. The Morgan fingerprint density at radius 3 is 2.42 bits per heavy atom. The van der Waals surface area contributed by atoms with Gasteiger partial charge in [0, 0.05) is 19.1 Å². The van der Waals surface area contributed by atoms with Crippen LogP contribution in [0.3, 0.4) is 0 Å². The fraction of sp³-hybridized carbons (Fsp3) is 0.857. The minimum atomic E-state index is -1.03. The quantitative estimate of drug-likeness (QED) is 0.460. The number of hydrogen-bond donors (Lipinski definition) is 4. The summed E-state index contributed by atoms with van der Waals surface area (Å²) in [6.45, 7) is 4.42. The molecular formula is C7H16N2O3. The number of nitrogens with one attached hydrogen (secondary N) is 2. The first kappa shape index (κ1) is 11.2. The molecule has 0 fully saturated rings. The van der Waals surface area contributed by atoms with Crippen LogP contribution in [0, 0.1) is 0 Å². The Labute approximate surface area is 71.8 Å². The van der Waals surface area contributed by atoms with Gasteiger partial charge in [0.1, 0.15) is 0 Å². The van der Waals surface area contributed by atoms with Gasteiger partial charge in [0.05, 0.1) is 6.10 Å². The van der Waals surface area contributed by atoms with Crippen LogP contribution >= 0.6 is 0 Å². The molecule has 0 heterocycles. The van der Waals surface area contributed by atoms with E-state index in [9.17, 15) is 4.79 Å². The Bertz CT molecular complexity index is 139. The van der Waals surface area contributed by atoms with Crippen LogP contribution in [-0.2, 0) is 0 Å². The van der Waals surface area contributed by atoms with Gasteiger partial charge in [-0.2, -0.15) is 0 Å². The first-order valence-electron chi connectivity index (χ1n) is 3.90. The van der Waals surface area contributed by atoms with E-state index in [1.807, 2.05) is 0 Å². The standard InChI is InChI=1S/C7H16N2O3/c1-5(9-7(11)12)3-8-4-6(2)10/h5-6,8-10H,3-4H2,1-2H3,(H,11,12). The predicted molar refractivity (Wildman–Crippen MR) is 45.2 cm³/mol. The maximum absolute atomic E-state index is 10.1. The summed E-state index contributed by atoms with van der Waals surface area (Å²) in [5, 5.41) is 22.4. The summed E-state index contributed by atoms with van der Waals surface area (Å²) in [6.07, 6.45) is -1.43. The van der Waals surface area contributed by atoms with Crippen molar-refractivity contribution in [2.45, 2.75) is 26.0 Å². The van der Waals surface area contributed by atoms with Gasteiger partial charge in [-0.1, -0.05) is 0 Å². The lowest BCUT2D eigenvalue weighted by molar-refractivity contribution is 0.184. The van der Waals surface area contributed by atoms with Crippen LogP contribution in [0.1, 0.15) is 13.8 Å². The Morgan fingerprint density at radius 2 is 2.00 bits per heavy atom. The topological polar surface area (TPSA) is 81.6 Å². The minimum absolute atomic E-state index is 0.138. The molecular weight excluding hydrogens is 160 g/mol. The molecule has 0 saturated heterocycles. The zero-order chi connectivity index (χ0) is 9.56. The molecule has 0 radical (unpaired) electrons. The van der Waals surface area contributed by atoms with E-state index in [-0.39, 0.29) is 6.04 Å². The van der Waals surface area contributed by atoms with E-state index in [4.69, 9.17) is 10.2 Å². The SMILES string of the molecule is CC(O)CNCC(C)NC(=O)O. The summed E-state index contributed by atoms with van der Waals surface area (Å²) in [5.74, 6) is 0. The molecule has 0 aromatic carbocycles. The highest BCUT2D eigenvalue weighted by atomic mass is 16.4. The predicted octanol–water partition coefficient (Wildman–Crippen LogP) is -0.387. The molecule has 12 heavy (non-hydrogen) atoms. The van der Waals surface area contributed by atoms with E-state index in [1.54, 1.807) is 13.8 Å². The third-order valence-electron chi connectivity index (χ3n) is 1.26. The number of carboxylic acid groups (broad SMARTS) is 1. The van der Waals surface area contributed by atoms with Crippen LogP contribution in [0.2, 0.25) is 0 Å². The number of hydrogen-bond acceptors (Lipinski definition) is 3. The molecule has 0 bridgehead atoms. The van der Waals surface area contributed by atoms with Crippen molar-refractivity contribution in [1.82, 2.24) is 10.6 Å². The Morgan fingerprint density at radius 1 is 1.42 bits per heavy atom. The van der Waals surface area contributed by atoms with E-state index in [0.29, 0.717) is 13.1 Å². The van der Waals surface area contributed by atoms with Crippen molar-refractivity contribution in [3.63, 3.8) is 0 Å². The molecule has 0 rings (SSSR count). The number of aliphatic hydroxyl groups excluding tert-OH is 1. The van der Waals surface area contributed by atoms with Crippen molar-refractivity contribution in [3.05, 3.63) is 0 Å². The summed E-state index contributed by atoms with van der Waals surface area (Å²) < 4.78 is 0. The molecule has 1 amide bonds. The third kappa shape index (κ3) is 7.30. The molecule has 0 aliphatic heterocycles. The van der Waals surface area contributed by atoms with Crippen LogP contribution in [0.15, 0.2) is 0 Å². The summed E-state index contributed by atoms with van der Waals surface area (Å²) in [7, 11) is 0. The fourth-order valence-corrected chi connectivity index (χ4v) is 0.771. The van der Waals surface area contributed by atoms with Crippen molar-refractivity contribution in [2.24, 2.45) is 0 Å². The zero-order valence-electron chi connectivity index (χ0n) is 7.37. The van der Waals surface area contributed by atoms with Crippen molar-refractivity contribution >= 4 is 6.09 Å². The highest BCUT2D eigenvalue weighted by molar-refractivity contribution is 5.64. The lowest BCUT2D eigenvalue weighted by Crippen LogP contribution is -2.40. The molecule has 4 N–H and O–H groups in total. The van der Waals surface area contributed by atoms with Gasteiger partial charge >= 0.3 is 6.09 Å². The lowest BCUT2D eigenvalue weighted by Gasteiger charge is -2.12. The molecule has 0 aliphatic rings.